The molecule has 2 atom stereocenters. The zero-order valence-corrected chi connectivity index (χ0v) is 11.4. The molecule has 1 aliphatic carbocycles. The molecule has 4 heteroatoms. The summed E-state index contributed by atoms with van der Waals surface area (Å²) < 4.78 is 5.97. The summed E-state index contributed by atoms with van der Waals surface area (Å²) in [6.07, 6.45) is 3.55. The topological polar surface area (TPSA) is 38.5 Å². The van der Waals surface area contributed by atoms with Crippen molar-refractivity contribution < 1.29 is 4.74 Å². The summed E-state index contributed by atoms with van der Waals surface area (Å²) in [6.45, 7) is 9.45. The highest BCUT2D eigenvalue weighted by atomic mass is 35.5. The predicted octanol–water partition coefficient (Wildman–Crippen LogP) is 1.64. The molecule has 1 aliphatic heterocycles. The van der Waals surface area contributed by atoms with Crippen molar-refractivity contribution in [2.75, 3.05) is 19.6 Å². The predicted molar refractivity (Wildman–Crippen MR) is 69.0 cm³/mol. The quantitative estimate of drug-likeness (QED) is 0.826. The Morgan fingerprint density at radius 1 is 1.31 bits per heavy atom. The lowest BCUT2D eigenvalue weighted by atomic mass is 10.0. The first-order valence-corrected chi connectivity index (χ1v) is 6.11. The summed E-state index contributed by atoms with van der Waals surface area (Å²) in [5.74, 6) is 0.830. The van der Waals surface area contributed by atoms with Crippen LogP contribution in [0.2, 0.25) is 0 Å². The smallest absolute Gasteiger partial charge is 0.0734 e. The van der Waals surface area contributed by atoms with Crippen LogP contribution >= 0.6 is 12.4 Å². The fraction of sp³-hybridized carbons (Fsp3) is 1.00. The number of rotatable bonds is 3. The number of morpholine rings is 1. The minimum absolute atomic E-state index is 0. The number of hydrogen-bond acceptors (Lipinski definition) is 3. The third-order valence-electron chi connectivity index (χ3n) is 3.14. The molecule has 16 heavy (non-hydrogen) atoms. The zero-order valence-electron chi connectivity index (χ0n) is 10.6. The van der Waals surface area contributed by atoms with Gasteiger partial charge in [0, 0.05) is 25.2 Å². The van der Waals surface area contributed by atoms with Crippen LogP contribution in [0.3, 0.4) is 0 Å². The minimum atomic E-state index is -0.0921. The van der Waals surface area contributed by atoms with E-state index >= 15 is 0 Å². The van der Waals surface area contributed by atoms with Crippen LogP contribution in [0.25, 0.3) is 0 Å². The van der Waals surface area contributed by atoms with Gasteiger partial charge in [-0.15, -0.1) is 12.4 Å². The van der Waals surface area contributed by atoms with Crippen molar-refractivity contribution in [2.45, 2.75) is 51.4 Å². The highest BCUT2D eigenvalue weighted by Gasteiger charge is 2.37. The van der Waals surface area contributed by atoms with Crippen LogP contribution in [0.4, 0.5) is 0 Å². The second-order valence-corrected chi connectivity index (χ2v) is 6.01. The van der Waals surface area contributed by atoms with Crippen molar-refractivity contribution >= 4 is 12.4 Å². The monoisotopic (exact) mass is 248 g/mol. The Hall–Kier alpha value is 0.170. The van der Waals surface area contributed by atoms with Crippen molar-refractivity contribution in [3.63, 3.8) is 0 Å². The average Bonchev–Trinajstić information content (AvgIpc) is 2.80. The van der Waals surface area contributed by atoms with E-state index in [-0.39, 0.29) is 17.9 Å². The first-order chi connectivity index (χ1) is 6.94. The van der Waals surface area contributed by atoms with Crippen LogP contribution in [0.5, 0.6) is 0 Å². The Kier molecular flexibility index (Phi) is 4.64. The first kappa shape index (κ1) is 14.2. The molecule has 1 saturated carbocycles. The zero-order chi connectivity index (χ0) is 11.1. The van der Waals surface area contributed by atoms with Gasteiger partial charge >= 0.3 is 0 Å². The Bertz CT molecular complexity index is 226. The molecule has 1 heterocycles. The molecule has 0 radical (unpaired) electrons. The highest BCUT2D eigenvalue weighted by molar-refractivity contribution is 5.85. The fourth-order valence-corrected chi connectivity index (χ4v) is 2.51. The van der Waals surface area contributed by atoms with Gasteiger partial charge in [-0.05, 0) is 39.5 Å². The van der Waals surface area contributed by atoms with Gasteiger partial charge in [0.25, 0.3) is 0 Å². The standard InChI is InChI=1S/C12H24N2O.ClH/c1-9-6-14(8-12(2,3)13)7-11(15-9)10-4-5-10;/h9-11H,4-8,13H2,1-3H3;1H. The lowest BCUT2D eigenvalue weighted by Gasteiger charge is -2.39. The maximum atomic E-state index is 6.07. The molecular formula is C12H25ClN2O. The molecular weight excluding hydrogens is 224 g/mol. The SMILES string of the molecule is CC1CN(CC(C)(C)N)CC(C2CC2)O1.Cl. The average molecular weight is 249 g/mol. The van der Waals surface area contributed by atoms with E-state index in [0.717, 1.165) is 25.6 Å². The number of hydrogen-bond donors (Lipinski definition) is 1. The van der Waals surface area contributed by atoms with Crippen molar-refractivity contribution in [3.05, 3.63) is 0 Å². The maximum Gasteiger partial charge on any atom is 0.0734 e. The van der Waals surface area contributed by atoms with Gasteiger partial charge in [-0.1, -0.05) is 0 Å². The summed E-state index contributed by atoms with van der Waals surface area (Å²) in [5.41, 5.74) is 5.97. The van der Waals surface area contributed by atoms with E-state index in [1.807, 2.05) is 0 Å². The van der Waals surface area contributed by atoms with Gasteiger partial charge in [0.1, 0.15) is 0 Å². The van der Waals surface area contributed by atoms with E-state index in [2.05, 4.69) is 25.7 Å². The largest absolute Gasteiger partial charge is 0.372 e. The Morgan fingerprint density at radius 2 is 1.94 bits per heavy atom. The molecule has 0 aromatic heterocycles. The summed E-state index contributed by atoms with van der Waals surface area (Å²) in [4.78, 5) is 2.47. The third kappa shape index (κ3) is 4.21. The molecule has 96 valence electrons. The van der Waals surface area contributed by atoms with Gasteiger partial charge in [0.05, 0.1) is 12.2 Å². The molecule has 2 aliphatic rings. The minimum Gasteiger partial charge on any atom is -0.372 e. The molecule has 2 rings (SSSR count). The van der Waals surface area contributed by atoms with Crippen molar-refractivity contribution in [1.82, 2.24) is 4.90 Å². The molecule has 0 aromatic carbocycles. The number of halogens is 1. The van der Waals surface area contributed by atoms with Crippen LogP contribution in [0.1, 0.15) is 33.6 Å². The number of nitrogens with two attached hydrogens (primary N) is 1. The Balaban J connectivity index is 0.00000128. The highest BCUT2D eigenvalue weighted by Crippen LogP contribution is 2.36. The van der Waals surface area contributed by atoms with E-state index in [1.54, 1.807) is 0 Å². The van der Waals surface area contributed by atoms with E-state index < -0.39 is 0 Å². The van der Waals surface area contributed by atoms with Gasteiger partial charge in [-0.25, -0.2) is 0 Å². The fourth-order valence-electron chi connectivity index (χ4n) is 2.51. The van der Waals surface area contributed by atoms with E-state index in [4.69, 9.17) is 10.5 Å². The Morgan fingerprint density at radius 3 is 2.44 bits per heavy atom. The second kappa shape index (κ2) is 5.21. The summed E-state index contributed by atoms with van der Waals surface area (Å²) in [6, 6.07) is 0. The summed E-state index contributed by atoms with van der Waals surface area (Å²) in [5, 5.41) is 0. The van der Waals surface area contributed by atoms with Crippen LogP contribution in [0.15, 0.2) is 0 Å². The van der Waals surface area contributed by atoms with Gasteiger partial charge in [-0.3, -0.25) is 4.90 Å². The molecule has 3 nitrogen and oxygen atoms in total. The lowest BCUT2D eigenvalue weighted by Crippen LogP contribution is -2.54. The van der Waals surface area contributed by atoms with Crippen LogP contribution in [0, 0.1) is 5.92 Å². The third-order valence-corrected chi connectivity index (χ3v) is 3.14. The molecule has 2 unspecified atom stereocenters. The van der Waals surface area contributed by atoms with Gasteiger partial charge in [0.15, 0.2) is 0 Å². The number of nitrogens with zero attached hydrogens (tertiary/aromatic N) is 1. The van der Waals surface area contributed by atoms with Crippen molar-refractivity contribution in [3.8, 4) is 0 Å². The summed E-state index contributed by atoms with van der Waals surface area (Å²) >= 11 is 0. The molecule has 0 amide bonds. The first-order valence-electron chi connectivity index (χ1n) is 6.11. The van der Waals surface area contributed by atoms with Crippen molar-refractivity contribution in [2.24, 2.45) is 11.7 Å². The van der Waals surface area contributed by atoms with E-state index in [0.29, 0.717) is 12.2 Å². The van der Waals surface area contributed by atoms with E-state index in [9.17, 15) is 0 Å². The molecule has 2 N–H and O–H groups in total. The van der Waals surface area contributed by atoms with Gasteiger partial charge < -0.3 is 10.5 Å². The maximum absolute atomic E-state index is 6.07. The molecule has 1 saturated heterocycles. The van der Waals surface area contributed by atoms with Crippen molar-refractivity contribution in [1.29, 1.82) is 0 Å². The van der Waals surface area contributed by atoms with E-state index in [1.165, 1.54) is 12.8 Å². The molecule has 0 bridgehead atoms. The normalized spacial score (nSPS) is 32.2. The Labute approximate surface area is 105 Å². The van der Waals surface area contributed by atoms with Gasteiger partial charge in [-0.2, -0.15) is 0 Å². The molecule has 2 fully saturated rings. The summed E-state index contributed by atoms with van der Waals surface area (Å²) in [7, 11) is 0. The second-order valence-electron chi connectivity index (χ2n) is 6.01. The molecule has 0 aromatic rings. The van der Waals surface area contributed by atoms with Gasteiger partial charge in [0.2, 0.25) is 0 Å². The van der Waals surface area contributed by atoms with Crippen LogP contribution in [-0.2, 0) is 4.74 Å². The lowest BCUT2D eigenvalue weighted by molar-refractivity contribution is -0.0889. The molecule has 0 spiro atoms. The van der Waals surface area contributed by atoms with Crippen LogP contribution < -0.4 is 5.73 Å². The number of ether oxygens (including phenoxy) is 1. The van der Waals surface area contributed by atoms with Crippen LogP contribution in [-0.4, -0.2) is 42.3 Å².